The predicted molar refractivity (Wildman–Crippen MR) is 61.0 cm³/mol. The molecule has 0 unspecified atom stereocenters. The molecule has 1 rings (SSSR count). The minimum atomic E-state index is -3.96. The molecular weight excluding hydrogens is 255 g/mol. The minimum Gasteiger partial charge on any atom is -0.399 e. The van der Waals surface area contributed by atoms with E-state index in [1.165, 1.54) is 6.07 Å². The van der Waals surface area contributed by atoms with Gasteiger partial charge in [-0.05, 0) is 18.2 Å². The van der Waals surface area contributed by atoms with Crippen molar-refractivity contribution in [2.75, 3.05) is 12.3 Å². The number of benzene rings is 1. The molecule has 0 saturated heterocycles. The second-order valence-electron chi connectivity index (χ2n) is 3.03. The Balaban J connectivity index is 3.07. The molecule has 0 bridgehead atoms. The van der Waals surface area contributed by atoms with Crippen molar-refractivity contribution in [2.45, 2.75) is 4.90 Å². The van der Waals surface area contributed by atoms with Crippen LogP contribution in [0.2, 0.25) is 0 Å². The Kier molecular flexibility index (Phi) is 3.90. The van der Waals surface area contributed by atoms with Crippen molar-refractivity contribution in [1.29, 1.82) is 0 Å². The van der Waals surface area contributed by atoms with Crippen LogP contribution >= 0.6 is 11.6 Å². The Morgan fingerprint density at radius 3 is 2.75 bits per heavy atom. The number of nitrogen functional groups attached to an aromatic ring is 1. The van der Waals surface area contributed by atoms with Crippen LogP contribution in [0.3, 0.4) is 0 Å². The lowest BCUT2D eigenvalue weighted by molar-refractivity contribution is 0.560. The fraction of sp³-hybridized carbons (Fsp3) is 0.111. The molecular formula is C9H10ClFN2O2S. The summed E-state index contributed by atoms with van der Waals surface area (Å²) in [6.07, 6.45) is 0. The highest BCUT2D eigenvalue weighted by molar-refractivity contribution is 7.89. The molecule has 1 aromatic rings. The summed E-state index contributed by atoms with van der Waals surface area (Å²) < 4.78 is 38.6. The number of hydrogen-bond acceptors (Lipinski definition) is 3. The first kappa shape index (κ1) is 13.0. The molecule has 0 radical (unpaired) electrons. The van der Waals surface area contributed by atoms with Crippen molar-refractivity contribution >= 4 is 27.3 Å². The minimum absolute atomic E-state index is 0.105. The number of rotatable bonds is 4. The summed E-state index contributed by atoms with van der Waals surface area (Å²) in [7, 11) is -3.96. The topological polar surface area (TPSA) is 72.2 Å². The van der Waals surface area contributed by atoms with E-state index in [1.807, 2.05) is 0 Å². The van der Waals surface area contributed by atoms with E-state index in [0.717, 1.165) is 12.1 Å². The molecule has 0 aliphatic carbocycles. The van der Waals surface area contributed by atoms with Gasteiger partial charge in [-0.25, -0.2) is 17.5 Å². The van der Waals surface area contributed by atoms with Gasteiger partial charge in [0.1, 0.15) is 10.7 Å². The van der Waals surface area contributed by atoms with E-state index in [0.29, 0.717) is 0 Å². The van der Waals surface area contributed by atoms with Gasteiger partial charge in [0, 0.05) is 17.3 Å². The lowest BCUT2D eigenvalue weighted by Crippen LogP contribution is -2.25. The van der Waals surface area contributed by atoms with Crippen LogP contribution in [0.15, 0.2) is 34.7 Å². The summed E-state index contributed by atoms with van der Waals surface area (Å²) in [5, 5.41) is 0.105. The number of nitrogens with two attached hydrogens (primary N) is 1. The van der Waals surface area contributed by atoms with Crippen molar-refractivity contribution in [3.63, 3.8) is 0 Å². The summed E-state index contributed by atoms with van der Waals surface area (Å²) >= 11 is 5.40. The smallest absolute Gasteiger partial charge is 0.243 e. The van der Waals surface area contributed by atoms with Gasteiger partial charge in [-0.1, -0.05) is 18.2 Å². The molecule has 0 amide bonds. The molecule has 0 aromatic heterocycles. The van der Waals surface area contributed by atoms with Crippen molar-refractivity contribution in [1.82, 2.24) is 4.72 Å². The number of hydrogen-bond donors (Lipinski definition) is 2. The zero-order valence-electron chi connectivity index (χ0n) is 8.20. The van der Waals surface area contributed by atoms with Crippen molar-refractivity contribution < 1.29 is 12.8 Å². The first-order valence-electron chi connectivity index (χ1n) is 4.21. The average Bonchev–Trinajstić information content (AvgIpc) is 2.19. The van der Waals surface area contributed by atoms with E-state index >= 15 is 0 Å². The van der Waals surface area contributed by atoms with E-state index < -0.39 is 20.7 Å². The highest BCUT2D eigenvalue weighted by Crippen LogP contribution is 2.17. The zero-order chi connectivity index (χ0) is 12.3. The van der Waals surface area contributed by atoms with Gasteiger partial charge in [0.05, 0.1) is 0 Å². The van der Waals surface area contributed by atoms with Gasteiger partial charge in [-0.3, -0.25) is 0 Å². The number of anilines is 1. The third kappa shape index (κ3) is 3.19. The molecule has 0 heterocycles. The molecule has 1 aromatic carbocycles. The summed E-state index contributed by atoms with van der Waals surface area (Å²) in [6, 6.07) is 3.29. The van der Waals surface area contributed by atoms with Crippen LogP contribution in [-0.2, 0) is 10.0 Å². The van der Waals surface area contributed by atoms with Crippen LogP contribution in [0.5, 0.6) is 0 Å². The molecule has 4 nitrogen and oxygen atoms in total. The quantitative estimate of drug-likeness (QED) is 0.809. The van der Waals surface area contributed by atoms with Crippen LogP contribution < -0.4 is 10.5 Å². The van der Waals surface area contributed by atoms with Crippen LogP contribution in [0.1, 0.15) is 0 Å². The van der Waals surface area contributed by atoms with Crippen LogP contribution in [0.4, 0.5) is 10.1 Å². The van der Waals surface area contributed by atoms with Gasteiger partial charge >= 0.3 is 0 Å². The number of nitrogens with one attached hydrogen (secondary N) is 1. The van der Waals surface area contributed by atoms with E-state index in [9.17, 15) is 12.8 Å². The Labute approximate surface area is 98.0 Å². The van der Waals surface area contributed by atoms with Crippen molar-refractivity contribution in [3.05, 3.63) is 35.6 Å². The van der Waals surface area contributed by atoms with Gasteiger partial charge < -0.3 is 5.73 Å². The van der Waals surface area contributed by atoms with Gasteiger partial charge in [0.15, 0.2) is 0 Å². The standard InChI is InChI=1S/C9H10ClFN2O2S/c1-6(10)5-13-16(14,15)9-4-7(12)2-3-8(9)11/h2-4,13H,1,5,12H2. The Morgan fingerprint density at radius 1 is 1.56 bits per heavy atom. The second kappa shape index (κ2) is 4.82. The van der Waals surface area contributed by atoms with Crippen molar-refractivity contribution in [2.24, 2.45) is 0 Å². The van der Waals surface area contributed by atoms with Crippen LogP contribution in [0, 0.1) is 5.82 Å². The first-order chi connectivity index (χ1) is 7.33. The van der Waals surface area contributed by atoms with E-state index in [4.69, 9.17) is 17.3 Å². The highest BCUT2D eigenvalue weighted by Gasteiger charge is 2.18. The lowest BCUT2D eigenvalue weighted by atomic mass is 10.3. The molecule has 0 saturated carbocycles. The fourth-order valence-corrected chi connectivity index (χ4v) is 2.26. The van der Waals surface area contributed by atoms with Gasteiger partial charge in [0.2, 0.25) is 10.0 Å². The van der Waals surface area contributed by atoms with E-state index in [-0.39, 0.29) is 17.3 Å². The normalized spacial score (nSPS) is 11.4. The molecule has 0 spiro atoms. The van der Waals surface area contributed by atoms with Gasteiger partial charge in [0.25, 0.3) is 0 Å². The molecule has 0 atom stereocenters. The molecule has 3 N–H and O–H groups in total. The SMILES string of the molecule is C=C(Cl)CNS(=O)(=O)c1cc(N)ccc1F. The third-order valence-corrected chi connectivity index (χ3v) is 3.25. The molecule has 0 fully saturated rings. The molecule has 16 heavy (non-hydrogen) atoms. The largest absolute Gasteiger partial charge is 0.399 e. The maximum Gasteiger partial charge on any atom is 0.243 e. The summed E-state index contributed by atoms with van der Waals surface area (Å²) in [5.74, 6) is -0.873. The monoisotopic (exact) mass is 264 g/mol. The summed E-state index contributed by atoms with van der Waals surface area (Å²) in [4.78, 5) is -0.509. The molecule has 0 aliphatic heterocycles. The molecule has 0 aliphatic rings. The fourth-order valence-electron chi connectivity index (χ4n) is 0.977. The Hall–Kier alpha value is -1.11. The maximum absolute atomic E-state index is 13.3. The van der Waals surface area contributed by atoms with E-state index in [2.05, 4.69) is 11.3 Å². The van der Waals surface area contributed by atoms with Gasteiger partial charge in [-0.2, -0.15) is 0 Å². The summed E-state index contributed by atoms with van der Waals surface area (Å²) in [6.45, 7) is 3.14. The van der Waals surface area contributed by atoms with E-state index in [1.54, 1.807) is 0 Å². The Bertz CT molecular complexity index is 516. The second-order valence-corrected chi connectivity index (χ2v) is 5.30. The first-order valence-corrected chi connectivity index (χ1v) is 6.07. The zero-order valence-corrected chi connectivity index (χ0v) is 9.78. The van der Waals surface area contributed by atoms with Crippen LogP contribution in [-0.4, -0.2) is 15.0 Å². The highest BCUT2D eigenvalue weighted by atomic mass is 35.5. The number of halogens is 2. The lowest BCUT2D eigenvalue weighted by Gasteiger charge is -2.07. The molecule has 88 valence electrons. The summed E-state index contributed by atoms with van der Waals surface area (Å²) in [5.41, 5.74) is 5.54. The van der Waals surface area contributed by atoms with Crippen molar-refractivity contribution in [3.8, 4) is 0 Å². The van der Waals surface area contributed by atoms with Crippen LogP contribution in [0.25, 0.3) is 0 Å². The predicted octanol–water partition coefficient (Wildman–Crippen LogP) is 1.44. The molecule has 7 heteroatoms. The van der Waals surface area contributed by atoms with Gasteiger partial charge in [-0.15, -0.1) is 0 Å². The third-order valence-electron chi connectivity index (χ3n) is 1.70. The average molecular weight is 265 g/mol. The maximum atomic E-state index is 13.3. The Morgan fingerprint density at radius 2 is 2.19 bits per heavy atom. The number of sulfonamides is 1.